The van der Waals surface area contributed by atoms with Gasteiger partial charge in [0.2, 0.25) is 0 Å². The number of nitrogens with zero attached hydrogens (tertiary/aromatic N) is 1. The van der Waals surface area contributed by atoms with Gasteiger partial charge in [0.25, 0.3) is 0 Å². The molecule has 19 heavy (non-hydrogen) atoms. The molecular formula is C17H30N2. The molecule has 1 N–H and O–H groups in total. The van der Waals surface area contributed by atoms with Gasteiger partial charge >= 0.3 is 0 Å². The summed E-state index contributed by atoms with van der Waals surface area (Å²) in [7, 11) is 2.24. The maximum atomic E-state index is 3.59. The summed E-state index contributed by atoms with van der Waals surface area (Å²) in [5.74, 6) is 0. The second-order valence-electron chi connectivity index (χ2n) is 5.32. The molecule has 0 heterocycles. The Morgan fingerprint density at radius 2 is 1.79 bits per heavy atom. The van der Waals surface area contributed by atoms with Crippen LogP contribution in [0, 0.1) is 0 Å². The zero-order valence-electron chi connectivity index (χ0n) is 12.9. The molecule has 0 bridgehead atoms. The predicted molar refractivity (Wildman–Crippen MR) is 84.5 cm³/mol. The number of unbranched alkanes of at least 4 members (excludes halogenated alkanes) is 2. The van der Waals surface area contributed by atoms with E-state index >= 15 is 0 Å². The molecule has 1 aromatic carbocycles. The second-order valence-corrected chi connectivity index (χ2v) is 5.32. The fraction of sp³-hybridized carbons (Fsp3) is 0.647. The van der Waals surface area contributed by atoms with Gasteiger partial charge in [-0.3, -0.25) is 0 Å². The van der Waals surface area contributed by atoms with Crippen molar-refractivity contribution in [3.05, 3.63) is 35.9 Å². The Labute approximate surface area is 119 Å². The Balaban J connectivity index is 2.37. The summed E-state index contributed by atoms with van der Waals surface area (Å²) < 4.78 is 0. The van der Waals surface area contributed by atoms with Crippen LogP contribution in [-0.4, -0.2) is 31.6 Å². The third-order valence-corrected chi connectivity index (χ3v) is 3.60. The molecule has 0 aliphatic rings. The summed E-state index contributed by atoms with van der Waals surface area (Å²) in [5.41, 5.74) is 1.41. The van der Waals surface area contributed by atoms with Crippen LogP contribution < -0.4 is 5.32 Å². The Morgan fingerprint density at radius 1 is 1.05 bits per heavy atom. The molecule has 0 amide bonds. The molecule has 0 aliphatic carbocycles. The maximum absolute atomic E-state index is 3.59. The van der Waals surface area contributed by atoms with E-state index in [2.05, 4.69) is 61.4 Å². The number of hydrogen-bond donors (Lipinski definition) is 1. The first-order chi connectivity index (χ1) is 9.27. The van der Waals surface area contributed by atoms with E-state index in [1.54, 1.807) is 0 Å². The SMILES string of the molecule is CCCCCN(C)CCC(NCC)c1ccccc1. The van der Waals surface area contributed by atoms with Crippen LogP contribution in [0.3, 0.4) is 0 Å². The van der Waals surface area contributed by atoms with Crippen molar-refractivity contribution in [1.29, 1.82) is 0 Å². The average molecular weight is 262 g/mol. The minimum atomic E-state index is 0.486. The van der Waals surface area contributed by atoms with Gasteiger partial charge in [0.1, 0.15) is 0 Å². The van der Waals surface area contributed by atoms with Crippen LogP contribution in [0.15, 0.2) is 30.3 Å². The molecule has 0 fully saturated rings. The van der Waals surface area contributed by atoms with Gasteiger partial charge in [0.15, 0.2) is 0 Å². The summed E-state index contributed by atoms with van der Waals surface area (Å²) in [5, 5.41) is 3.59. The molecule has 1 unspecified atom stereocenters. The Bertz CT molecular complexity index is 310. The maximum Gasteiger partial charge on any atom is 0.0332 e. The number of benzene rings is 1. The summed E-state index contributed by atoms with van der Waals surface area (Å²) in [6.07, 6.45) is 5.15. The van der Waals surface area contributed by atoms with Gasteiger partial charge in [-0.1, -0.05) is 57.0 Å². The third kappa shape index (κ3) is 6.74. The van der Waals surface area contributed by atoms with Crippen molar-refractivity contribution < 1.29 is 0 Å². The molecule has 108 valence electrons. The predicted octanol–water partition coefficient (Wildman–Crippen LogP) is 3.85. The summed E-state index contributed by atoms with van der Waals surface area (Å²) in [4.78, 5) is 2.46. The van der Waals surface area contributed by atoms with Gasteiger partial charge < -0.3 is 10.2 Å². The topological polar surface area (TPSA) is 15.3 Å². The molecule has 0 saturated carbocycles. The lowest BCUT2D eigenvalue weighted by Gasteiger charge is -2.22. The van der Waals surface area contributed by atoms with Crippen LogP contribution in [-0.2, 0) is 0 Å². The molecule has 0 spiro atoms. The van der Waals surface area contributed by atoms with Crippen LogP contribution >= 0.6 is 0 Å². The number of rotatable bonds is 10. The van der Waals surface area contributed by atoms with E-state index in [1.807, 2.05) is 0 Å². The summed E-state index contributed by atoms with van der Waals surface area (Å²) in [6.45, 7) is 7.86. The smallest absolute Gasteiger partial charge is 0.0332 e. The van der Waals surface area contributed by atoms with Gasteiger partial charge in [-0.2, -0.15) is 0 Å². The van der Waals surface area contributed by atoms with E-state index < -0.39 is 0 Å². The Kier molecular flexibility index (Phi) is 8.52. The highest BCUT2D eigenvalue weighted by molar-refractivity contribution is 5.18. The highest BCUT2D eigenvalue weighted by Gasteiger charge is 2.10. The average Bonchev–Trinajstić information content (AvgIpc) is 2.44. The van der Waals surface area contributed by atoms with Gasteiger partial charge in [-0.25, -0.2) is 0 Å². The van der Waals surface area contributed by atoms with Gasteiger partial charge in [-0.05, 0) is 45.1 Å². The minimum Gasteiger partial charge on any atom is -0.310 e. The van der Waals surface area contributed by atoms with Crippen molar-refractivity contribution in [2.75, 3.05) is 26.7 Å². The van der Waals surface area contributed by atoms with Gasteiger partial charge in [0.05, 0.1) is 0 Å². The molecule has 2 nitrogen and oxygen atoms in total. The van der Waals surface area contributed by atoms with Crippen LogP contribution in [0.1, 0.15) is 51.1 Å². The molecule has 0 aromatic heterocycles. The fourth-order valence-electron chi connectivity index (χ4n) is 2.41. The number of nitrogens with one attached hydrogen (secondary N) is 1. The molecule has 1 atom stereocenters. The monoisotopic (exact) mass is 262 g/mol. The molecule has 0 radical (unpaired) electrons. The van der Waals surface area contributed by atoms with Crippen LogP contribution in [0.4, 0.5) is 0 Å². The normalized spacial score (nSPS) is 12.8. The minimum absolute atomic E-state index is 0.486. The summed E-state index contributed by atoms with van der Waals surface area (Å²) in [6, 6.07) is 11.3. The van der Waals surface area contributed by atoms with E-state index in [4.69, 9.17) is 0 Å². The largest absolute Gasteiger partial charge is 0.310 e. The van der Waals surface area contributed by atoms with Crippen molar-refractivity contribution >= 4 is 0 Å². The van der Waals surface area contributed by atoms with Crippen molar-refractivity contribution in [1.82, 2.24) is 10.2 Å². The molecule has 0 aliphatic heterocycles. The first kappa shape index (κ1) is 16.2. The van der Waals surface area contributed by atoms with Gasteiger partial charge in [0, 0.05) is 6.04 Å². The summed E-state index contributed by atoms with van der Waals surface area (Å²) >= 11 is 0. The lowest BCUT2D eigenvalue weighted by Crippen LogP contribution is -2.27. The molecule has 2 heteroatoms. The van der Waals surface area contributed by atoms with Crippen LogP contribution in [0.25, 0.3) is 0 Å². The molecule has 1 rings (SSSR count). The van der Waals surface area contributed by atoms with E-state index in [9.17, 15) is 0 Å². The standard InChI is InChI=1S/C17H30N2/c1-4-6-10-14-19(3)15-13-17(18-5-2)16-11-8-7-9-12-16/h7-9,11-12,17-18H,4-6,10,13-15H2,1-3H3. The Morgan fingerprint density at radius 3 is 2.42 bits per heavy atom. The second kappa shape index (κ2) is 9.99. The Hall–Kier alpha value is -0.860. The van der Waals surface area contributed by atoms with Crippen molar-refractivity contribution in [2.24, 2.45) is 0 Å². The highest BCUT2D eigenvalue weighted by Crippen LogP contribution is 2.16. The number of hydrogen-bond acceptors (Lipinski definition) is 2. The van der Waals surface area contributed by atoms with E-state index in [-0.39, 0.29) is 0 Å². The quantitative estimate of drug-likeness (QED) is 0.644. The van der Waals surface area contributed by atoms with Crippen LogP contribution in [0.5, 0.6) is 0 Å². The van der Waals surface area contributed by atoms with Crippen molar-refractivity contribution in [2.45, 2.75) is 45.6 Å². The fourth-order valence-corrected chi connectivity index (χ4v) is 2.41. The molecule has 1 aromatic rings. The van der Waals surface area contributed by atoms with Crippen molar-refractivity contribution in [3.8, 4) is 0 Å². The lowest BCUT2D eigenvalue weighted by molar-refractivity contribution is 0.301. The highest BCUT2D eigenvalue weighted by atomic mass is 15.1. The van der Waals surface area contributed by atoms with E-state index in [1.165, 1.54) is 37.8 Å². The van der Waals surface area contributed by atoms with Crippen LogP contribution in [0.2, 0.25) is 0 Å². The zero-order chi connectivity index (χ0) is 13.9. The lowest BCUT2D eigenvalue weighted by atomic mass is 10.0. The first-order valence-electron chi connectivity index (χ1n) is 7.74. The van der Waals surface area contributed by atoms with Gasteiger partial charge in [-0.15, -0.1) is 0 Å². The van der Waals surface area contributed by atoms with E-state index in [0.29, 0.717) is 6.04 Å². The third-order valence-electron chi connectivity index (χ3n) is 3.60. The van der Waals surface area contributed by atoms with Crippen molar-refractivity contribution in [3.63, 3.8) is 0 Å². The zero-order valence-corrected chi connectivity index (χ0v) is 12.9. The van der Waals surface area contributed by atoms with E-state index in [0.717, 1.165) is 13.1 Å². The molecule has 0 saturated heterocycles. The molecular weight excluding hydrogens is 232 g/mol. The first-order valence-corrected chi connectivity index (χ1v) is 7.74.